The summed E-state index contributed by atoms with van der Waals surface area (Å²) >= 11 is 0. The molecule has 1 N–H and O–H groups in total. The van der Waals surface area contributed by atoms with Crippen molar-refractivity contribution >= 4 is 5.97 Å². The zero-order valence-electron chi connectivity index (χ0n) is 12.5. The van der Waals surface area contributed by atoms with E-state index in [9.17, 15) is 9.90 Å². The maximum absolute atomic E-state index is 11.8. The van der Waals surface area contributed by atoms with Gasteiger partial charge in [0.1, 0.15) is 0 Å². The fourth-order valence-electron chi connectivity index (χ4n) is 3.81. The third-order valence-electron chi connectivity index (χ3n) is 5.39. The standard InChI is InChI=1S/C16H29NO2/c1-3-14-5-4-10-17(11-14)12-16(15(18)19)8-6-13(2)7-9-16/h13-14H,3-12H2,1-2H3,(H,18,19). The van der Waals surface area contributed by atoms with Gasteiger partial charge in [0.2, 0.25) is 0 Å². The van der Waals surface area contributed by atoms with Crippen LogP contribution in [0.25, 0.3) is 0 Å². The molecule has 110 valence electrons. The molecule has 1 aliphatic heterocycles. The maximum atomic E-state index is 11.8. The summed E-state index contributed by atoms with van der Waals surface area (Å²) < 4.78 is 0. The van der Waals surface area contributed by atoms with E-state index in [0.29, 0.717) is 5.92 Å². The largest absolute Gasteiger partial charge is 0.481 e. The number of piperidine rings is 1. The first-order valence-electron chi connectivity index (χ1n) is 8.01. The molecule has 0 bridgehead atoms. The first-order chi connectivity index (χ1) is 9.05. The van der Waals surface area contributed by atoms with E-state index in [4.69, 9.17) is 0 Å². The summed E-state index contributed by atoms with van der Waals surface area (Å²) in [5.41, 5.74) is -0.456. The van der Waals surface area contributed by atoms with Crippen molar-refractivity contribution in [2.24, 2.45) is 17.3 Å². The van der Waals surface area contributed by atoms with E-state index < -0.39 is 11.4 Å². The number of carboxylic acid groups (broad SMARTS) is 1. The van der Waals surface area contributed by atoms with Gasteiger partial charge in [-0.1, -0.05) is 20.3 Å². The zero-order valence-corrected chi connectivity index (χ0v) is 12.5. The summed E-state index contributed by atoms with van der Waals surface area (Å²) in [4.78, 5) is 14.2. The van der Waals surface area contributed by atoms with Crippen LogP contribution in [0, 0.1) is 17.3 Å². The molecule has 1 atom stereocenters. The summed E-state index contributed by atoms with van der Waals surface area (Å²) in [7, 11) is 0. The molecule has 1 aliphatic carbocycles. The van der Waals surface area contributed by atoms with E-state index >= 15 is 0 Å². The predicted molar refractivity (Wildman–Crippen MR) is 77.2 cm³/mol. The Balaban J connectivity index is 1.98. The van der Waals surface area contributed by atoms with Crippen LogP contribution in [0.15, 0.2) is 0 Å². The zero-order chi connectivity index (χ0) is 13.9. The molecule has 1 saturated heterocycles. The minimum atomic E-state index is -0.557. The third-order valence-corrected chi connectivity index (χ3v) is 5.39. The Kier molecular flexibility index (Phi) is 4.88. The van der Waals surface area contributed by atoms with E-state index in [1.165, 1.54) is 19.3 Å². The molecule has 2 fully saturated rings. The van der Waals surface area contributed by atoms with Crippen LogP contribution >= 0.6 is 0 Å². The highest BCUT2D eigenvalue weighted by molar-refractivity contribution is 5.75. The van der Waals surface area contributed by atoms with Crippen molar-refractivity contribution in [3.8, 4) is 0 Å². The normalized spacial score (nSPS) is 37.2. The lowest BCUT2D eigenvalue weighted by atomic mass is 9.70. The fourth-order valence-corrected chi connectivity index (χ4v) is 3.81. The molecular formula is C16H29NO2. The number of carboxylic acids is 1. The van der Waals surface area contributed by atoms with Crippen LogP contribution in [0.4, 0.5) is 0 Å². The molecule has 0 radical (unpaired) electrons. The molecule has 1 unspecified atom stereocenters. The number of carbonyl (C=O) groups is 1. The summed E-state index contributed by atoms with van der Waals surface area (Å²) in [6.45, 7) is 7.50. The van der Waals surface area contributed by atoms with E-state index in [-0.39, 0.29) is 0 Å². The lowest BCUT2D eigenvalue weighted by molar-refractivity contribution is -0.153. The Morgan fingerprint density at radius 2 is 2.00 bits per heavy atom. The Morgan fingerprint density at radius 3 is 2.58 bits per heavy atom. The highest BCUT2D eigenvalue weighted by Crippen LogP contribution is 2.40. The van der Waals surface area contributed by atoms with E-state index in [2.05, 4.69) is 18.7 Å². The Labute approximate surface area is 117 Å². The van der Waals surface area contributed by atoms with Crippen molar-refractivity contribution < 1.29 is 9.90 Å². The molecule has 0 amide bonds. The number of likely N-dealkylation sites (tertiary alicyclic amines) is 1. The summed E-state index contributed by atoms with van der Waals surface area (Å²) in [6.07, 6.45) is 7.70. The summed E-state index contributed by atoms with van der Waals surface area (Å²) in [6, 6.07) is 0. The van der Waals surface area contributed by atoms with Crippen molar-refractivity contribution in [2.45, 2.75) is 58.8 Å². The van der Waals surface area contributed by atoms with E-state index in [0.717, 1.165) is 51.2 Å². The molecule has 0 aromatic heterocycles. The molecule has 19 heavy (non-hydrogen) atoms. The van der Waals surface area contributed by atoms with E-state index in [1.54, 1.807) is 0 Å². The quantitative estimate of drug-likeness (QED) is 0.849. The molecular weight excluding hydrogens is 238 g/mol. The van der Waals surface area contributed by atoms with E-state index in [1.807, 2.05) is 0 Å². The van der Waals surface area contributed by atoms with Gasteiger partial charge in [0.05, 0.1) is 5.41 Å². The number of hydrogen-bond acceptors (Lipinski definition) is 2. The van der Waals surface area contributed by atoms with Gasteiger partial charge in [-0.15, -0.1) is 0 Å². The minimum Gasteiger partial charge on any atom is -0.481 e. The maximum Gasteiger partial charge on any atom is 0.310 e. The molecule has 0 spiro atoms. The molecule has 2 rings (SSSR count). The molecule has 0 aromatic rings. The van der Waals surface area contributed by atoms with Crippen LogP contribution in [-0.2, 0) is 4.79 Å². The summed E-state index contributed by atoms with van der Waals surface area (Å²) in [5, 5.41) is 9.70. The average molecular weight is 267 g/mol. The van der Waals surface area contributed by atoms with Crippen LogP contribution in [0.3, 0.4) is 0 Å². The predicted octanol–water partition coefficient (Wildman–Crippen LogP) is 3.39. The van der Waals surface area contributed by atoms with Crippen molar-refractivity contribution in [2.75, 3.05) is 19.6 Å². The smallest absolute Gasteiger partial charge is 0.310 e. The Hall–Kier alpha value is -0.570. The van der Waals surface area contributed by atoms with Crippen LogP contribution in [-0.4, -0.2) is 35.6 Å². The fraction of sp³-hybridized carbons (Fsp3) is 0.938. The van der Waals surface area contributed by atoms with Gasteiger partial charge in [-0.05, 0) is 56.9 Å². The van der Waals surface area contributed by atoms with Crippen LogP contribution < -0.4 is 0 Å². The van der Waals surface area contributed by atoms with Gasteiger partial charge in [0, 0.05) is 13.1 Å². The Morgan fingerprint density at radius 1 is 1.32 bits per heavy atom. The van der Waals surface area contributed by atoms with Gasteiger partial charge >= 0.3 is 5.97 Å². The molecule has 3 heteroatoms. The third kappa shape index (κ3) is 3.50. The molecule has 0 aromatic carbocycles. The first-order valence-corrected chi connectivity index (χ1v) is 8.01. The molecule has 3 nitrogen and oxygen atoms in total. The van der Waals surface area contributed by atoms with Gasteiger partial charge in [0.15, 0.2) is 0 Å². The lowest BCUT2D eigenvalue weighted by Gasteiger charge is -2.42. The van der Waals surface area contributed by atoms with Gasteiger partial charge in [-0.3, -0.25) is 4.79 Å². The van der Waals surface area contributed by atoms with Gasteiger partial charge < -0.3 is 10.0 Å². The SMILES string of the molecule is CCC1CCCN(CC2(C(=O)O)CCC(C)CC2)C1. The lowest BCUT2D eigenvalue weighted by Crippen LogP contribution is -2.48. The second-order valence-corrected chi connectivity index (χ2v) is 6.92. The Bertz CT molecular complexity index is 308. The van der Waals surface area contributed by atoms with Gasteiger partial charge in [-0.25, -0.2) is 0 Å². The van der Waals surface area contributed by atoms with Gasteiger partial charge in [-0.2, -0.15) is 0 Å². The molecule has 1 heterocycles. The van der Waals surface area contributed by atoms with Crippen LogP contribution in [0.2, 0.25) is 0 Å². The topological polar surface area (TPSA) is 40.5 Å². The monoisotopic (exact) mass is 267 g/mol. The van der Waals surface area contributed by atoms with Crippen molar-refractivity contribution in [3.63, 3.8) is 0 Å². The molecule has 1 saturated carbocycles. The van der Waals surface area contributed by atoms with Crippen LogP contribution in [0.1, 0.15) is 58.8 Å². The number of hydrogen-bond donors (Lipinski definition) is 1. The average Bonchev–Trinajstić information content (AvgIpc) is 2.41. The number of aliphatic carboxylic acids is 1. The minimum absolute atomic E-state index is 0.456. The van der Waals surface area contributed by atoms with Crippen LogP contribution in [0.5, 0.6) is 0 Å². The highest BCUT2D eigenvalue weighted by Gasteiger charge is 2.42. The first kappa shape index (κ1) is 14.8. The number of rotatable bonds is 4. The van der Waals surface area contributed by atoms with Crippen molar-refractivity contribution in [1.82, 2.24) is 4.90 Å². The second kappa shape index (κ2) is 6.25. The van der Waals surface area contributed by atoms with Crippen molar-refractivity contribution in [1.29, 1.82) is 0 Å². The molecule has 2 aliphatic rings. The number of nitrogens with zero attached hydrogens (tertiary/aromatic N) is 1. The second-order valence-electron chi connectivity index (χ2n) is 6.92. The summed E-state index contributed by atoms with van der Waals surface area (Å²) in [5.74, 6) is 0.928. The van der Waals surface area contributed by atoms with Gasteiger partial charge in [0.25, 0.3) is 0 Å². The van der Waals surface area contributed by atoms with Crippen molar-refractivity contribution in [3.05, 3.63) is 0 Å². The highest BCUT2D eigenvalue weighted by atomic mass is 16.4.